The van der Waals surface area contributed by atoms with E-state index < -0.39 is 11.1 Å². The van der Waals surface area contributed by atoms with Crippen LogP contribution in [0.4, 0.5) is 0 Å². The number of carbonyl (C=O) groups excluding carboxylic acids is 3. The average Bonchev–Trinajstić information content (AvgIpc) is 3.52. The Hall–Kier alpha value is -3.55. The summed E-state index contributed by atoms with van der Waals surface area (Å²) in [6.45, 7) is 10.1. The molecule has 5 aliphatic rings. The summed E-state index contributed by atoms with van der Waals surface area (Å²) in [4.78, 5) is 52.1. The molecule has 5 rings (SSSR count). The summed E-state index contributed by atoms with van der Waals surface area (Å²) < 4.78 is 0. The average molecular weight is 586 g/mol. The standard InChI is InChI=1S/C35H47N5O3/c1-6-9-17-35(16-8-3)39-30(24(5)23(4)12-7-2)32(42)40(35)22-29(41)37-27-14-10-13-25-20-34(21-26(25)19-27)28-15-11-18-36-31(28)38-33(34)43/h7,11-13,15,18-19,27-28,31H,6,8-10,14,16-17,20-22H2,1-5H3,(H,37,41)(H,38,43). The number of fused-ring (bicyclic) bond motifs is 3. The lowest BCUT2D eigenvalue weighted by molar-refractivity contribution is -0.135. The van der Waals surface area contributed by atoms with Gasteiger partial charge in [-0.05, 0) is 94.1 Å². The number of amides is 3. The fraction of sp³-hybridized carbons (Fsp3) is 0.571. The minimum atomic E-state index is -0.706. The number of allylic oxidation sites excluding steroid dienone is 7. The molecular weight excluding hydrogens is 538 g/mol. The van der Waals surface area contributed by atoms with Gasteiger partial charge in [0.05, 0.1) is 5.41 Å². The van der Waals surface area contributed by atoms with Gasteiger partial charge in [-0.15, -0.1) is 0 Å². The number of nitrogens with zero attached hydrogens (tertiary/aromatic N) is 3. The molecule has 3 heterocycles. The van der Waals surface area contributed by atoms with E-state index in [0.29, 0.717) is 18.6 Å². The first kappa shape index (κ1) is 30.9. The SMILES string of the molecule is CC=CC(C)=C(C)C1=NC(CCC)(CCCC)N(CC(=O)NC2C=C3CC4(CC3=CCC2)C(=O)NC2N=CC=CC24)C1=O. The zero-order valence-electron chi connectivity index (χ0n) is 26.4. The van der Waals surface area contributed by atoms with E-state index in [1.165, 1.54) is 5.57 Å². The van der Waals surface area contributed by atoms with Crippen LogP contribution in [-0.2, 0) is 14.4 Å². The highest BCUT2D eigenvalue weighted by atomic mass is 16.2. The first-order chi connectivity index (χ1) is 20.7. The van der Waals surface area contributed by atoms with Crippen molar-refractivity contribution in [3.8, 4) is 0 Å². The number of aliphatic imine (C=N–C) groups is 2. The first-order valence-electron chi connectivity index (χ1n) is 16.1. The maximum atomic E-state index is 13.9. The zero-order chi connectivity index (χ0) is 30.8. The van der Waals surface area contributed by atoms with Crippen LogP contribution in [0, 0.1) is 11.3 Å². The Labute approximate surface area is 256 Å². The summed E-state index contributed by atoms with van der Waals surface area (Å²) in [6, 6.07) is -0.167. The summed E-state index contributed by atoms with van der Waals surface area (Å²) in [5.41, 5.74) is 3.47. The van der Waals surface area contributed by atoms with Crippen LogP contribution in [-0.4, -0.2) is 59.0 Å². The molecule has 2 N–H and O–H groups in total. The van der Waals surface area contributed by atoms with Crippen LogP contribution in [0.25, 0.3) is 0 Å². The summed E-state index contributed by atoms with van der Waals surface area (Å²) in [5, 5.41) is 6.33. The Morgan fingerprint density at radius 2 is 1.95 bits per heavy atom. The fourth-order valence-electron chi connectivity index (χ4n) is 7.59. The molecule has 2 fully saturated rings. The largest absolute Gasteiger partial charge is 0.348 e. The van der Waals surface area contributed by atoms with Gasteiger partial charge in [0, 0.05) is 18.2 Å². The van der Waals surface area contributed by atoms with Crippen molar-refractivity contribution in [3.05, 3.63) is 58.7 Å². The van der Waals surface area contributed by atoms with Crippen molar-refractivity contribution in [1.29, 1.82) is 0 Å². The second-order valence-electron chi connectivity index (χ2n) is 12.8. The molecule has 43 heavy (non-hydrogen) atoms. The molecule has 3 aliphatic heterocycles. The van der Waals surface area contributed by atoms with Gasteiger partial charge < -0.3 is 15.5 Å². The van der Waals surface area contributed by atoms with Crippen molar-refractivity contribution >= 4 is 29.6 Å². The molecule has 1 saturated carbocycles. The van der Waals surface area contributed by atoms with Gasteiger partial charge >= 0.3 is 0 Å². The molecule has 3 amide bonds. The van der Waals surface area contributed by atoms with E-state index in [1.807, 2.05) is 39.0 Å². The van der Waals surface area contributed by atoms with Gasteiger partial charge in [-0.25, -0.2) is 0 Å². The summed E-state index contributed by atoms with van der Waals surface area (Å²) >= 11 is 0. The van der Waals surface area contributed by atoms with Crippen LogP contribution >= 0.6 is 0 Å². The van der Waals surface area contributed by atoms with Gasteiger partial charge in [0.25, 0.3) is 5.91 Å². The lowest BCUT2D eigenvalue weighted by atomic mass is 9.74. The van der Waals surface area contributed by atoms with Gasteiger partial charge in [0.1, 0.15) is 24.1 Å². The highest BCUT2D eigenvalue weighted by Crippen LogP contribution is 2.55. The van der Waals surface area contributed by atoms with E-state index in [2.05, 4.69) is 47.7 Å². The molecule has 5 atom stereocenters. The maximum Gasteiger partial charge on any atom is 0.274 e. The molecule has 0 bridgehead atoms. The van der Waals surface area contributed by atoms with Crippen molar-refractivity contribution in [3.63, 3.8) is 0 Å². The molecule has 0 aromatic rings. The lowest BCUT2D eigenvalue weighted by Crippen LogP contribution is -2.52. The quantitative estimate of drug-likeness (QED) is 0.331. The highest BCUT2D eigenvalue weighted by Gasteiger charge is 2.58. The van der Waals surface area contributed by atoms with Crippen molar-refractivity contribution < 1.29 is 14.4 Å². The molecule has 5 unspecified atom stereocenters. The number of carbonyl (C=O) groups is 3. The predicted molar refractivity (Wildman–Crippen MR) is 172 cm³/mol. The molecule has 0 radical (unpaired) electrons. The maximum absolute atomic E-state index is 13.9. The van der Waals surface area contributed by atoms with Crippen LogP contribution in [0.2, 0.25) is 0 Å². The van der Waals surface area contributed by atoms with Gasteiger partial charge in [0.15, 0.2) is 0 Å². The van der Waals surface area contributed by atoms with Gasteiger partial charge in [-0.2, -0.15) is 0 Å². The molecule has 0 aromatic heterocycles. The Bertz CT molecular complexity index is 1380. The van der Waals surface area contributed by atoms with Crippen molar-refractivity contribution in [2.45, 2.75) is 110 Å². The van der Waals surface area contributed by atoms with Crippen LogP contribution in [0.1, 0.15) is 92.4 Å². The van der Waals surface area contributed by atoms with Crippen LogP contribution in [0.5, 0.6) is 0 Å². The lowest BCUT2D eigenvalue weighted by Gasteiger charge is -2.36. The Balaban J connectivity index is 1.34. The Morgan fingerprint density at radius 3 is 2.70 bits per heavy atom. The number of dihydropyridines is 1. The molecule has 1 saturated heterocycles. The van der Waals surface area contributed by atoms with Crippen molar-refractivity contribution in [2.75, 3.05) is 6.54 Å². The van der Waals surface area contributed by atoms with E-state index in [0.717, 1.165) is 61.7 Å². The first-order valence-corrected chi connectivity index (χ1v) is 16.1. The third-order valence-corrected chi connectivity index (χ3v) is 9.92. The minimum absolute atomic E-state index is 0.0235. The second kappa shape index (κ2) is 12.6. The Kier molecular flexibility index (Phi) is 9.04. The van der Waals surface area contributed by atoms with Crippen LogP contribution in [0.3, 0.4) is 0 Å². The smallest absolute Gasteiger partial charge is 0.274 e. The molecule has 0 aromatic carbocycles. The van der Waals surface area contributed by atoms with Gasteiger partial charge in [0.2, 0.25) is 11.8 Å². The molecule has 1 spiro atoms. The number of unbranched alkanes of at least 4 members (excludes halogenated alkanes) is 1. The fourth-order valence-corrected chi connectivity index (χ4v) is 7.59. The van der Waals surface area contributed by atoms with Crippen molar-refractivity contribution in [1.82, 2.24) is 15.5 Å². The number of hydrogen-bond donors (Lipinski definition) is 2. The van der Waals surface area contributed by atoms with Crippen LogP contribution in [0.15, 0.2) is 68.7 Å². The van der Waals surface area contributed by atoms with E-state index in [4.69, 9.17) is 4.99 Å². The third kappa shape index (κ3) is 5.73. The molecular formula is C35H47N5O3. The monoisotopic (exact) mass is 585 g/mol. The summed E-state index contributed by atoms with van der Waals surface area (Å²) in [6.07, 6.45) is 21.2. The van der Waals surface area contributed by atoms with Crippen molar-refractivity contribution in [2.24, 2.45) is 21.3 Å². The second-order valence-corrected chi connectivity index (χ2v) is 12.8. The van der Waals surface area contributed by atoms with Crippen LogP contribution < -0.4 is 10.6 Å². The van der Waals surface area contributed by atoms with Gasteiger partial charge in [-0.1, -0.05) is 57.1 Å². The Morgan fingerprint density at radius 1 is 1.16 bits per heavy atom. The summed E-state index contributed by atoms with van der Waals surface area (Å²) in [5.74, 6) is -0.231. The molecule has 8 nitrogen and oxygen atoms in total. The number of nitrogens with one attached hydrogen (secondary N) is 2. The third-order valence-electron chi connectivity index (χ3n) is 9.92. The zero-order valence-corrected chi connectivity index (χ0v) is 26.4. The number of rotatable bonds is 10. The highest BCUT2D eigenvalue weighted by molar-refractivity contribution is 6.47. The minimum Gasteiger partial charge on any atom is -0.348 e. The van der Waals surface area contributed by atoms with E-state index in [1.54, 1.807) is 11.1 Å². The molecule has 2 aliphatic carbocycles. The molecule has 230 valence electrons. The summed E-state index contributed by atoms with van der Waals surface area (Å²) in [7, 11) is 0. The topological polar surface area (TPSA) is 103 Å². The number of hydrogen-bond acceptors (Lipinski definition) is 5. The van der Waals surface area contributed by atoms with E-state index in [-0.39, 0.29) is 42.4 Å². The normalized spacial score (nSPS) is 31.9. The predicted octanol–water partition coefficient (Wildman–Crippen LogP) is 5.49. The molecule has 8 heteroatoms. The van der Waals surface area contributed by atoms with Gasteiger partial charge in [-0.3, -0.25) is 24.4 Å². The van der Waals surface area contributed by atoms with E-state index >= 15 is 0 Å². The van der Waals surface area contributed by atoms with E-state index in [9.17, 15) is 14.4 Å².